The van der Waals surface area contributed by atoms with Gasteiger partial charge in [-0.1, -0.05) is 66.2 Å². The van der Waals surface area contributed by atoms with Crippen molar-refractivity contribution in [2.24, 2.45) is 5.41 Å². The fourth-order valence-electron chi connectivity index (χ4n) is 4.67. The van der Waals surface area contributed by atoms with E-state index in [2.05, 4.69) is 10.6 Å². The number of carbonyl (C=O) groups excluding carboxylic acids is 2. The third-order valence-corrected chi connectivity index (χ3v) is 7.43. The molecule has 8 nitrogen and oxygen atoms in total. The number of anilines is 1. The van der Waals surface area contributed by atoms with Gasteiger partial charge >= 0.3 is 5.97 Å². The minimum atomic E-state index is -1.06. The fraction of sp³-hybridized carbons (Fsp3) is 0.333. The van der Waals surface area contributed by atoms with Crippen molar-refractivity contribution in [2.75, 3.05) is 5.32 Å². The van der Waals surface area contributed by atoms with Gasteiger partial charge in [-0.3, -0.25) is 9.59 Å². The summed E-state index contributed by atoms with van der Waals surface area (Å²) in [5.74, 6) is -1.75. The highest BCUT2D eigenvalue weighted by Crippen LogP contribution is 2.52. The number of benzene rings is 1. The molecule has 1 spiro atoms. The highest BCUT2D eigenvalue weighted by Gasteiger charge is 2.54. The summed E-state index contributed by atoms with van der Waals surface area (Å²) in [7, 11) is 0. The predicted molar refractivity (Wildman–Crippen MR) is 131 cm³/mol. The Morgan fingerprint density at radius 3 is 2.23 bits per heavy atom. The van der Waals surface area contributed by atoms with Crippen molar-refractivity contribution in [1.82, 2.24) is 5.32 Å². The van der Waals surface area contributed by atoms with Gasteiger partial charge in [0.05, 0.1) is 11.0 Å². The summed E-state index contributed by atoms with van der Waals surface area (Å²) in [5.41, 5.74) is 0.961. The molecule has 0 aliphatic heterocycles. The van der Waals surface area contributed by atoms with Gasteiger partial charge in [-0.15, -0.1) is 0 Å². The molecular formula is C24H22Cl3N3O5. The van der Waals surface area contributed by atoms with Crippen LogP contribution in [0.2, 0.25) is 10.0 Å². The Morgan fingerprint density at radius 1 is 1.06 bits per heavy atom. The van der Waals surface area contributed by atoms with Crippen LogP contribution in [0.4, 0.5) is 5.69 Å². The molecule has 1 heterocycles. The van der Waals surface area contributed by atoms with Crippen molar-refractivity contribution in [2.45, 2.75) is 44.6 Å². The number of carboxylic acids is 1. The number of ketones is 1. The van der Waals surface area contributed by atoms with Gasteiger partial charge in [-0.25, -0.2) is 4.79 Å². The van der Waals surface area contributed by atoms with Crippen molar-refractivity contribution >= 4 is 58.1 Å². The van der Waals surface area contributed by atoms with Crippen LogP contribution in [0.25, 0.3) is 0 Å². The number of hydrogen-bond donors (Lipinski definition) is 3. The van der Waals surface area contributed by atoms with Crippen LogP contribution < -0.4 is 15.4 Å². The molecule has 1 saturated carbocycles. The molecular weight excluding hydrogens is 517 g/mol. The molecule has 1 aromatic carbocycles. The molecule has 184 valence electrons. The maximum atomic E-state index is 12.6. The molecule has 1 fully saturated rings. The van der Waals surface area contributed by atoms with Crippen molar-refractivity contribution in [3.63, 3.8) is 0 Å². The van der Waals surface area contributed by atoms with E-state index in [-0.39, 0.29) is 32.8 Å². The monoisotopic (exact) mass is 537 g/mol. The number of amides is 1. The van der Waals surface area contributed by atoms with Crippen LogP contribution in [-0.4, -0.2) is 28.8 Å². The first-order valence-corrected chi connectivity index (χ1v) is 12.2. The van der Waals surface area contributed by atoms with E-state index in [1.807, 2.05) is 0 Å². The molecule has 2 aliphatic carbocycles. The van der Waals surface area contributed by atoms with Crippen molar-refractivity contribution in [3.05, 3.63) is 73.8 Å². The summed E-state index contributed by atoms with van der Waals surface area (Å²) >= 11 is 18.1. The van der Waals surface area contributed by atoms with Crippen LogP contribution in [0.3, 0.4) is 0 Å². The first-order valence-electron chi connectivity index (χ1n) is 11.0. The van der Waals surface area contributed by atoms with Gasteiger partial charge < -0.3 is 20.9 Å². The second-order valence-corrected chi connectivity index (χ2v) is 9.93. The molecule has 2 aromatic rings. The standard InChI is InChI=1S/C24H22Cl3N3O5/c25-15-11-30(35)12-16(26)18(15)22(32)28-14-6-4-13(5-7-14)10-17(23(33)34)29-20-19(27)21(31)24(20)8-2-1-3-9-24/h4-7,11-12,17,29H,1-3,8-10H2,(H,28,32)(H,33,34). The number of allylic oxidation sites excluding steroid dienone is 2. The molecule has 0 saturated heterocycles. The van der Waals surface area contributed by atoms with E-state index in [0.717, 1.165) is 31.7 Å². The maximum Gasteiger partial charge on any atom is 0.326 e. The molecule has 0 bridgehead atoms. The molecule has 11 heteroatoms. The second-order valence-electron chi connectivity index (χ2n) is 8.74. The lowest BCUT2D eigenvalue weighted by Gasteiger charge is -2.45. The van der Waals surface area contributed by atoms with Crippen LogP contribution >= 0.6 is 34.8 Å². The third kappa shape index (κ3) is 4.96. The number of Topliss-reactive ketones (excluding diaryl/α,β-unsaturated/α-hetero) is 1. The maximum absolute atomic E-state index is 12.6. The largest absolute Gasteiger partial charge is 0.619 e. The highest BCUT2D eigenvalue weighted by atomic mass is 35.5. The molecule has 1 unspecified atom stereocenters. The zero-order valence-corrected chi connectivity index (χ0v) is 20.7. The van der Waals surface area contributed by atoms with E-state index < -0.39 is 23.3 Å². The second kappa shape index (κ2) is 10.0. The van der Waals surface area contributed by atoms with Gasteiger partial charge in [0.2, 0.25) is 0 Å². The number of carboxylic acid groups (broad SMARTS) is 1. The van der Waals surface area contributed by atoms with Gasteiger partial charge in [-0.2, -0.15) is 4.73 Å². The minimum absolute atomic E-state index is 0.0310. The van der Waals surface area contributed by atoms with E-state index >= 15 is 0 Å². The number of aromatic nitrogens is 1. The number of carbonyl (C=O) groups is 3. The Kier molecular flexibility index (Phi) is 7.26. The molecule has 3 N–H and O–H groups in total. The van der Waals surface area contributed by atoms with Crippen molar-refractivity contribution in [3.8, 4) is 0 Å². The van der Waals surface area contributed by atoms with E-state index in [9.17, 15) is 24.7 Å². The average molecular weight is 539 g/mol. The summed E-state index contributed by atoms with van der Waals surface area (Å²) in [5, 5.41) is 26.8. The Morgan fingerprint density at radius 2 is 1.66 bits per heavy atom. The lowest BCUT2D eigenvalue weighted by molar-refractivity contribution is -0.605. The van der Waals surface area contributed by atoms with Gasteiger partial charge in [0.15, 0.2) is 18.2 Å². The van der Waals surface area contributed by atoms with Gasteiger partial charge in [0.1, 0.15) is 21.1 Å². The normalized spacial score (nSPS) is 17.6. The summed E-state index contributed by atoms with van der Waals surface area (Å²) in [6.07, 6.45) is 6.40. The average Bonchev–Trinajstić information content (AvgIpc) is 2.82. The lowest BCUT2D eigenvalue weighted by Crippen LogP contribution is -2.53. The van der Waals surface area contributed by atoms with Crippen LogP contribution in [0, 0.1) is 10.6 Å². The number of halogens is 3. The van der Waals surface area contributed by atoms with E-state index in [0.29, 0.717) is 34.5 Å². The Hall–Kier alpha value is -2.81. The van der Waals surface area contributed by atoms with Crippen LogP contribution in [0.5, 0.6) is 0 Å². The van der Waals surface area contributed by atoms with Gasteiger partial charge in [-0.05, 0) is 30.5 Å². The quantitative estimate of drug-likeness (QED) is 0.354. The Balaban J connectivity index is 1.45. The molecule has 4 rings (SSSR count). The fourth-order valence-corrected chi connectivity index (χ4v) is 5.70. The first kappa shape index (κ1) is 25.3. The molecule has 35 heavy (non-hydrogen) atoms. The number of nitrogens with one attached hydrogen (secondary N) is 2. The molecule has 0 radical (unpaired) electrons. The zero-order valence-electron chi connectivity index (χ0n) is 18.4. The Bertz CT molecular complexity index is 1200. The number of nitrogens with zero attached hydrogens (tertiary/aromatic N) is 1. The number of hydrogen-bond acceptors (Lipinski definition) is 5. The molecule has 1 amide bonds. The molecule has 1 aromatic heterocycles. The summed E-state index contributed by atoms with van der Waals surface area (Å²) in [6, 6.07) is 5.63. The molecule has 2 aliphatic rings. The summed E-state index contributed by atoms with van der Waals surface area (Å²) in [4.78, 5) is 37.0. The summed E-state index contributed by atoms with van der Waals surface area (Å²) in [6.45, 7) is 0. The number of rotatable bonds is 7. The SMILES string of the molecule is O=C(Nc1ccc(CC(NC2=C(Cl)C(=O)C23CCCCC3)C(=O)O)cc1)c1c(Cl)c[n+]([O-])cc1Cl. The third-order valence-electron chi connectivity index (χ3n) is 6.49. The highest BCUT2D eigenvalue weighted by molar-refractivity contribution is 6.47. The predicted octanol–water partition coefficient (Wildman–Crippen LogP) is 4.45. The zero-order chi connectivity index (χ0) is 25.3. The van der Waals surface area contributed by atoms with E-state index in [4.69, 9.17) is 34.8 Å². The van der Waals surface area contributed by atoms with E-state index in [1.54, 1.807) is 24.3 Å². The van der Waals surface area contributed by atoms with Crippen LogP contribution in [0.1, 0.15) is 48.0 Å². The van der Waals surface area contributed by atoms with E-state index in [1.165, 1.54) is 0 Å². The minimum Gasteiger partial charge on any atom is -0.619 e. The van der Waals surface area contributed by atoms with Crippen LogP contribution in [-0.2, 0) is 16.0 Å². The van der Waals surface area contributed by atoms with Gasteiger partial charge in [0, 0.05) is 17.8 Å². The Labute approximate surface area is 216 Å². The van der Waals surface area contributed by atoms with Gasteiger partial charge in [0.25, 0.3) is 5.91 Å². The topological polar surface area (TPSA) is 122 Å². The van der Waals surface area contributed by atoms with Crippen LogP contribution in [0.15, 0.2) is 47.4 Å². The smallest absolute Gasteiger partial charge is 0.326 e. The summed E-state index contributed by atoms with van der Waals surface area (Å²) < 4.78 is 0.405. The number of pyridine rings is 1. The first-order chi connectivity index (χ1) is 16.6. The van der Waals surface area contributed by atoms with Crippen molar-refractivity contribution in [1.29, 1.82) is 0 Å². The lowest BCUT2D eigenvalue weighted by atomic mass is 9.62. The number of aliphatic carboxylic acids is 1. The molecule has 1 atom stereocenters. The van der Waals surface area contributed by atoms with Crippen molar-refractivity contribution < 1.29 is 24.2 Å².